The third-order valence-corrected chi connectivity index (χ3v) is 5.02. The summed E-state index contributed by atoms with van der Waals surface area (Å²) in [5, 5.41) is 0. The lowest BCUT2D eigenvalue weighted by Gasteiger charge is -2.26. The molecule has 1 amide bonds. The number of nitrogens with zero attached hydrogens (tertiary/aromatic N) is 5. The van der Waals surface area contributed by atoms with Gasteiger partial charge in [0.15, 0.2) is 23.1 Å². The van der Waals surface area contributed by atoms with Crippen LogP contribution in [0.25, 0.3) is 11.6 Å². The molecule has 1 atom stereocenters. The molecule has 0 aliphatic carbocycles. The highest BCUT2D eigenvalue weighted by Crippen LogP contribution is 2.44. The van der Waals surface area contributed by atoms with Crippen LogP contribution in [0.2, 0.25) is 0 Å². The van der Waals surface area contributed by atoms with E-state index in [0.29, 0.717) is 40.4 Å². The first-order valence-corrected chi connectivity index (χ1v) is 9.73. The maximum Gasteiger partial charge on any atom is 0.260 e. The zero-order valence-electron chi connectivity index (χ0n) is 17.4. The molecular formula is C22H23N5O3. The van der Waals surface area contributed by atoms with Crippen LogP contribution in [0.15, 0.2) is 42.9 Å². The van der Waals surface area contributed by atoms with Gasteiger partial charge >= 0.3 is 0 Å². The van der Waals surface area contributed by atoms with Gasteiger partial charge in [-0.05, 0) is 42.2 Å². The number of anilines is 1. The summed E-state index contributed by atoms with van der Waals surface area (Å²) >= 11 is 0. The Kier molecular flexibility index (Phi) is 5.31. The van der Waals surface area contributed by atoms with E-state index in [1.54, 1.807) is 55.9 Å². The van der Waals surface area contributed by atoms with Crippen LogP contribution in [0.1, 0.15) is 42.2 Å². The number of methoxy groups -OCH3 is 2. The largest absolute Gasteiger partial charge is 0.493 e. The minimum atomic E-state index is -0.174. The van der Waals surface area contributed by atoms with Crippen molar-refractivity contribution >= 4 is 11.7 Å². The molecule has 1 aliphatic heterocycles. The third-order valence-electron chi connectivity index (χ3n) is 5.02. The van der Waals surface area contributed by atoms with Crippen molar-refractivity contribution in [3.63, 3.8) is 0 Å². The van der Waals surface area contributed by atoms with Gasteiger partial charge in [0, 0.05) is 24.2 Å². The normalized spacial score (nSPS) is 15.4. The van der Waals surface area contributed by atoms with Crippen molar-refractivity contribution in [1.82, 2.24) is 19.9 Å². The van der Waals surface area contributed by atoms with Crippen molar-refractivity contribution in [3.05, 3.63) is 54.0 Å². The van der Waals surface area contributed by atoms with Gasteiger partial charge in [0.2, 0.25) is 0 Å². The number of amides is 1. The molecule has 2 aromatic heterocycles. The Balaban J connectivity index is 1.82. The molecule has 1 aromatic carbocycles. The Morgan fingerprint density at radius 2 is 1.67 bits per heavy atom. The lowest BCUT2D eigenvalue weighted by molar-refractivity contribution is 0.0988. The number of ether oxygens (including phenoxy) is 2. The number of rotatable bonds is 6. The van der Waals surface area contributed by atoms with Crippen LogP contribution in [0.5, 0.6) is 11.5 Å². The second kappa shape index (κ2) is 8.06. The molecule has 3 heterocycles. The Labute approximate surface area is 174 Å². The van der Waals surface area contributed by atoms with Crippen molar-refractivity contribution in [2.24, 2.45) is 5.92 Å². The van der Waals surface area contributed by atoms with Crippen LogP contribution < -0.4 is 14.4 Å². The minimum absolute atomic E-state index is 0.129. The molecule has 0 radical (unpaired) electrons. The highest BCUT2D eigenvalue weighted by molar-refractivity contribution is 6.11. The molecule has 4 rings (SSSR count). The second-order valence-electron chi connectivity index (χ2n) is 7.43. The molecule has 154 valence electrons. The van der Waals surface area contributed by atoms with Gasteiger partial charge in [0.1, 0.15) is 5.82 Å². The Bertz CT molecular complexity index is 1070. The topological polar surface area (TPSA) is 90.3 Å². The fourth-order valence-electron chi connectivity index (χ4n) is 3.71. The summed E-state index contributed by atoms with van der Waals surface area (Å²) in [4.78, 5) is 32.5. The van der Waals surface area contributed by atoms with Crippen LogP contribution in [-0.2, 0) is 0 Å². The lowest BCUT2D eigenvalue weighted by atomic mass is 9.96. The van der Waals surface area contributed by atoms with Crippen LogP contribution >= 0.6 is 0 Å². The number of fused-ring (bicyclic) bond motifs is 1. The molecule has 0 spiro atoms. The van der Waals surface area contributed by atoms with E-state index in [9.17, 15) is 4.79 Å². The van der Waals surface area contributed by atoms with Crippen LogP contribution in [0.4, 0.5) is 5.82 Å². The highest BCUT2D eigenvalue weighted by Gasteiger charge is 2.40. The SMILES string of the molecule is COc1cc2c(cc1OC)[C@H](CC(C)C)N(c1ccnc(-c3ncccn3)n1)C2=O. The number of carbonyl (C=O) groups excluding carboxylic acids is 1. The molecule has 30 heavy (non-hydrogen) atoms. The van der Waals surface area contributed by atoms with E-state index < -0.39 is 0 Å². The summed E-state index contributed by atoms with van der Waals surface area (Å²) < 4.78 is 10.9. The van der Waals surface area contributed by atoms with Crippen molar-refractivity contribution in [2.45, 2.75) is 26.3 Å². The molecular weight excluding hydrogens is 382 g/mol. The standard InChI is InChI=1S/C22H23N5O3/c1-13(2)10-16-14-11-17(29-3)18(30-4)12-15(14)22(28)27(16)19-6-9-25-21(26-19)20-23-7-5-8-24-20/h5-9,11-13,16H,10H2,1-4H3/t16-/m0/s1. The fourth-order valence-corrected chi connectivity index (χ4v) is 3.71. The first-order valence-electron chi connectivity index (χ1n) is 9.73. The van der Waals surface area contributed by atoms with Crippen molar-refractivity contribution < 1.29 is 14.3 Å². The summed E-state index contributed by atoms with van der Waals surface area (Å²) in [7, 11) is 3.15. The second-order valence-corrected chi connectivity index (χ2v) is 7.43. The van der Waals surface area contributed by atoms with Gasteiger partial charge in [-0.1, -0.05) is 13.8 Å². The van der Waals surface area contributed by atoms with Gasteiger partial charge in [-0.3, -0.25) is 9.69 Å². The van der Waals surface area contributed by atoms with E-state index in [-0.39, 0.29) is 11.9 Å². The molecule has 8 heteroatoms. The smallest absolute Gasteiger partial charge is 0.260 e. The van der Waals surface area contributed by atoms with E-state index in [0.717, 1.165) is 12.0 Å². The Morgan fingerprint density at radius 1 is 1.00 bits per heavy atom. The van der Waals surface area contributed by atoms with E-state index >= 15 is 0 Å². The highest BCUT2D eigenvalue weighted by atomic mass is 16.5. The van der Waals surface area contributed by atoms with Crippen molar-refractivity contribution in [1.29, 1.82) is 0 Å². The monoisotopic (exact) mass is 405 g/mol. The summed E-state index contributed by atoms with van der Waals surface area (Å²) in [6, 6.07) is 6.92. The molecule has 0 bridgehead atoms. The van der Waals surface area contributed by atoms with Gasteiger partial charge < -0.3 is 9.47 Å². The Morgan fingerprint density at radius 3 is 2.33 bits per heavy atom. The first kappa shape index (κ1) is 19.8. The lowest BCUT2D eigenvalue weighted by Crippen LogP contribution is -2.29. The van der Waals surface area contributed by atoms with Gasteiger partial charge in [-0.15, -0.1) is 0 Å². The summed E-state index contributed by atoms with van der Waals surface area (Å²) in [5.41, 5.74) is 1.50. The zero-order valence-corrected chi connectivity index (χ0v) is 17.4. The molecule has 0 unspecified atom stereocenters. The molecule has 0 saturated heterocycles. The van der Waals surface area contributed by atoms with Gasteiger partial charge in [0.25, 0.3) is 5.91 Å². The van der Waals surface area contributed by atoms with E-state index in [4.69, 9.17) is 9.47 Å². The minimum Gasteiger partial charge on any atom is -0.493 e. The summed E-state index contributed by atoms with van der Waals surface area (Å²) in [5.74, 6) is 2.65. The fraction of sp³-hybridized carbons (Fsp3) is 0.318. The number of benzene rings is 1. The average molecular weight is 405 g/mol. The van der Waals surface area contributed by atoms with Crippen molar-refractivity contribution in [3.8, 4) is 23.1 Å². The molecule has 0 N–H and O–H groups in total. The van der Waals surface area contributed by atoms with E-state index in [1.807, 2.05) is 6.07 Å². The summed E-state index contributed by atoms with van der Waals surface area (Å²) in [6.07, 6.45) is 5.66. The molecule has 0 fully saturated rings. The van der Waals surface area contributed by atoms with Gasteiger partial charge in [0.05, 0.1) is 20.3 Å². The number of aromatic nitrogens is 4. The van der Waals surface area contributed by atoms with Gasteiger partial charge in [-0.2, -0.15) is 0 Å². The first-order chi connectivity index (χ1) is 14.5. The predicted molar refractivity (Wildman–Crippen MR) is 112 cm³/mol. The predicted octanol–water partition coefficient (Wildman–Crippen LogP) is 3.70. The van der Waals surface area contributed by atoms with Crippen LogP contribution in [-0.4, -0.2) is 40.1 Å². The number of hydrogen-bond acceptors (Lipinski definition) is 7. The van der Waals surface area contributed by atoms with Gasteiger partial charge in [-0.25, -0.2) is 19.9 Å². The van der Waals surface area contributed by atoms with Crippen LogP contribution in [0, 0.1) is 5.92 Å². The molecule has 3 aromatic rings. The average Bonchev–Trinajstić information content (AvgIpc) is 3.03. The van der Waals surface area contributed by atoms with Crippen LogP contribution in [0.3, 0.4) is 0 Å². The maximum atomic E-state index is 13.4. The quantitative estimate of drug-likeness (QED) is 0.618. The Hall–Kier alpha value is -3.55. The number of carbonyl (C=O) groups is 1. The third kappa shape index (κ3) is 3.45. The number of hydrogen-bond donors (Lipinski definition) is 0. The zero-order chi connectivity index (χ0) is 21.3. The molecule has 1 aliphatic rings. The maximum absolute atomic E-state index is 13.4. The summed E-state index contributed by atoms with van der Waals surface area (Å²) in [6.45, 7) is 4.26. The van der Waals surface area contributed by atoms with E-state index in [2.05, 4.69) is 33.8 Å². The molecule has 8 nitrogen and oxygen atoms in total. The van der Waals surface area contributed by atoms with Crippen molar-refractivity contribution in [2.75, 3.05) is 19.1 Å². The molecule has 0 saturated carbocycles. The van der Waals surface area contributed by atoms with E-state index in [1.165, 1.54) is 0 Å².